The van der Waals surface area contributed by atoms with Gasteiger partial charge in [0.1, 0.15) is 0 Å². The van der Waals surface area contributed by atoms with Crippen LogP contribution < -0.4 is 0 Å². The van der Waals surface area contributed by atoms with Crippen LogP contribution in [-0.2, 0) is 6.42 Å². The van der Waals surface area contributed by atoms with Crippen LogP contribution in [0.2, 0.25) is 5.02 Å². The first-order chi connectivity index (χ1) is 7.63. The zero-order chi connectivity index (χ0) is 12.0. The van der Waals surface area contributed by atoms with Crippen LogP contribution in [0.5, 0.6) is 0 Å². The van der Waals surface area contributed by atoms with Crippen molar-refractivity contribution < 1.29 is 0 Å². The van der Waals surface area contributed by atoms with E-state index in [1.54, 1.807) is 0 Å². The maximum Gasteiger partial charge on any atom is 0.0440 e. The average molecular weight is 304 g/mol. The Bertz CT molecular complexity index is 323. The molecule has 0 nitrogen and oxygen atoms in total. The van der Waals surface area contributed by atoms with Gasteiger partial charge in [0.05, 0.1) is 0 Å². The normalized spacial score (nSPS) is 12.8. The molecule has 0 N–H and O–H groups in total. The van der Waals surface area contributed by atoms with Crippen molar-refractivity contribution in [2.45, 2.75) is 50.8 Å². The fourth-order valence-corrected chi connectivity index (χ4v) is 2.94. The summed E-state index contributed by atoms with van der Waals surface area (Å²) in [5, 5.41) is 0.918. The molecule has 90 valence electrons. The average Bonchev–Trinajstić information content (AvgIpc) is 2.22. The van der Waals surface area contributed by atoms with Crippen molar-refractivity contribution in [2.24, 2.45) is 0 Å². The van der Waals surface area contributed by atoms with Crippen LogP contribution in [0.25, 0.3) is 0 Å². The van der Waals surface area contributed by atoms with E-state index in [4.69, 9.17) is 11.6 Å². The predicted molar refractivity (Wildman–Crippen MR) is 76.8 cm³/mol. The van der Waals surface area contributed by atoms with E-state index in [9.17, 15) is 0 Å². The summed E-state index contributed by atoms with van der Waals surface area (Å²) >= 11 is 9.90. The summed E-state index contributed by atoms with van der Waals surface area (Å²) < 4.78 is 0. The number of aryl methyl sites for hydroxylation is 2. The topological polar surface area (TPSA) is 0 Å². The maximum absolute atomic E-state index is 6.19. The Balaban J connectivity index is 2.37. The minimum atomic E-state index is 0.668. The molecule has 0 aliphatic carbocycles. The van der Waals surface area contributed by atoms with Crippen LogP contribution in [0.3, 0.4) is 0 Å². The van der Waals surface area contributed by atoms with Gasteiger partial charge in [-0.1, -0.05) is 53.0 Å². The second-order valence-electron chi connectivity index (χ2n) is 4.37. The van der Waals surface area contributed by atoms with Crippen LogP contribution in [0.4, 0.5) is 0 Å². The molecule has 16 heavy (non-hydrogen) atoms. The highest BCUT2D eigenvalue weighted by Crippen LogP contribution is 2.21. The van der Waals surface area contributed by atoms with E-state index in [0.29, 0.717) is 4.83 Å². The Morgan fingerprint density at radius 1 is 1.31 bits per heavy atom. The van der Waals surface area contributed by atoms with Crippen LogP contribution in [-0.4, -0.2) is 4.83 Å². The number of alkyl halides is 1. The largest absolute Gasteiger partial charge is 0.0891 e. The molecule has 0 amide bonds. The first-order valence-corrected chi connectivity index (χ1v) is 7.32. The highest BCUT2D eigenvalue weighted by molar-refractivity contribution is 9.09. The molecule has 0 aliphatic heterocycles. The molecule has 1 aromatic carbocycles. The van der Waals surface area contributed by atoms with Crippen molar-refractivity contribution in [1.82, 2.24) is 0 Å². The minimum Gasteiger partial charge on any atom is -0.0891 e. The molecule has 0 spiro atoms. The van der Waals surface area contributed by atoms with Crippen molar-refractivity contribution in [2.75, 3.05) is 0 Å². The van der Waals surface area contributed by atoms with Gasteiger partial charge in [0.15, 0.2) is 0 Å². The van der Waals surface area contributed by atoms with Gasteiger partial charge in [0.25, 0.3) is 0 Å². The van der Waals surface area contributed by atoms with Crippen molar-refractivity contribution >= 4 is 27.5 Å². The fourth-order valence-electron chi connectivity index (χ4n) is 1.83. The monoisotopic (exact) mass is 302 g/mol. The fraction of sp³-hybridized carbons (Fsp3) is 0.571. The molecular weight excluding hydrogens is 284 g/mol. The van der Waals surface area contributed by atoms with Gasteiger partial charge < -0.3 is 0 Å². The first kappa shape index (κ1) is 14.1. The van der Waals surface area contributed by atoms with Gasteiger partial charge in [-0.15, -0.1) is 0 Å². The molecule has 0 saturated carbocycles. The molecule has 0 saturated heterocycles. The van der Waals surface area contributed by atoms with Crippen LogP contribution in [0, 0.1) is 6.92 Å². The second kappa shape index (κ2) is 7.34. The standard InChI is InChI=1S/C14H20BrCl/c1-3-5-13(15)7-4-6-12-9-8-11(2)10-14(12)16/h8-10,13H,3-7H2,1-2H3. The Hall–Kier alpha value is -0.0100. The van der Waals surface area contributed by atoms with E-state index >= 15 is 0 Å². The van der Waals surface area contributed by atoms with E-state index < -0.39 is 0 Å². The SMILES string of the molecule is CCCC(Br)CCCc1ccc(C)cc1Cl. The molecule has 1 rings (SSSR count). The van der Waals surface area contributed by atoms with E-state index in [0.717, 1.165) is 11.4 Å². The highest BCUT2D eigenvalue weighted by atomic mass is 79.9. The smallest absolute Gasteiger partial charge is 0.0440 e. The van der Waals surface area contributed by atoms with Crippen LogP contribution >= 0.6 is 27.5 Å². The molecule has 0 heterocycles. The lowest BCUT2D eigenvalue weighted by atomic mass is 10.0. The third-order valence-corrected chi connectivity index (χ3v) is 4.04. The number of hydrogen-bond acceptors (Lipinski definition) is 0. The summed E-state index contributed by atoms with van der Waals surface area (Å²) in [6.45, 7) is 4.30. The van der Waals surface area contributed by atoms with Crippen molar-refractivity contribution in [3.05, 3.63) is 34.3 Å². The maximum atomic E-state index is 6.19. The number of benzene rings is 1. The summed E-state index contributed by atoms with van der Waals surface area (Å²) in [6, 6.07) is 6.34. The van der Waals surface area contributed by atoms with Crippen molar-refractivity contribution in [1.29, 1.82) is 0 Å². The molecule has 0 aromatic heterocycles. The Labute approximate surface area is 113 Å². The first-order valence-electron chi connectivity index (χ1n) is 6.02. The van der Waals surface area contributed by atoms with Gasteiger partial charge in [-0.3, -0.25) is 0 Å². The van der Waals surface area contributed by atoms with Gasteiger partial charge in [-0.2, -0.15) is 0 Å². The lowest BCUT2D eigenvalue weighted by Crippen LogP contribution is -1.98. The predicted octanol–water partition coefficient (Wildman–Crippen LogP) is 5.53. The Morgan fingerprint density at radius 2 is 2.06 bits per heavy atom. The van der Waals surface area contributed by atoms with Crippen molar-refractivity contribution in [3.63, 3.8) is 0 Å². The molecule has 1 unspecified atom stereocenters. The van der Waals surface area contributed by atoms with E-state index in [1.807, 2.05) is 0 Å². The third-order valence-electron chi connectivity index (χ3n) is 2.77. The molecule has 2 heteroatoms. The zero-order valence-corrected chi connectivity index (χ0v) is 12.4. The number of halogens is 2. The summed E-state index contributed by atoms with van der Waals surface area (Å²) in [7, 11) is 0. The van der Waals surface area contributed by atoms with Gasteiger partial charge >= 0.3 is 0 Å². The van der Waals surface area contributed by atoms with E-state index in [2.05, 4.69) is 48.0 Å². The van der Waals surface area contributed by atoms with Crippen LogP contribution in [0.15, 0.2) is 18.2 Å². The summed E-state index contributed by atoms with van der Waals surface area (Å²) in [5.41, 5.74) is 2.52. The summed E-state index contributed by atoms with van der Waals surface area (Å²) in [6.07, 6.45) is 6.05. The molecule has 0 aliphatic rings. The number of hydrogen-bond donors (Lipinski definition) is 0. The molecule has 1 aromatic rings. The van der Waals surface area contributed by atoms with E-state index in [-0.39, 0.29) is 0 Å². The molecule has 0 bridgehead atoms. The summed E-state index contributed by atoms with van der Waals surface area (Å²) in [4.78, 5) is 0.668. The summed E-state index contributed by atoms with van der Waals surface area (Å²) in [5.74, 6) is 0. The van der Waals surface area contributed by atoms with Gasteiger partial charge in [-0.05, 0) is 49.8 Å². The highest BCUT2D eigenvalue weighted by Gasteiger charge is 2.04. The van der Waals surface area contributed by atoms with Gasteiger partial charge in [0, 0.05) is 9.85 Å². The minimum absolute atomic E-state index is 0.668. The molecule has 0 radical (unpaired) electrons. The third kappa shape index (κ3) is 4.88. The van der Waals surface area contributed by atoms with Gasteiger partial charge in [-0.25, -0.2) is 0 Å². The van der Waals surface area contributed by atoms with Gasteiger partial charge in [0.2, 0.25) is 0 Å². The Kier molecular flexibility index (Phi) is 6.45. The Morgan fingerprint density at radius 3 is 2.69 bits per heavy atom. The zero-order valence-electron chi connectivity index (χ0n) is 10.1. The molecule has 0 fully saturated rings. The molecular formula is C14H20BrCl. The quantitative estimate of drug-likeness (QED) is 0.606. The van der Waals surface area contributed by atoms with E-state index in [1.165, 1.54) is 36.8 Å². The van der Waals surface area contributed by atoms with Crippen LogP contribution in [0.1, 0.15) is 43.7 Å². The molecule has 1 atom stereocenters. The van der Waals surface area contributed by atoms with Crippen molar-refractivity contribution in [3.8, 4) is 0 Å². The lowest BCUT2D eigenvalue weighted by molar-refractivity contribution is 0.655. The number of rotatable bonds is 6. The second-order valence-corrected chi connectivity index (χ2v) is 6.08. The lowest BCUT2D eigenvalue weighted by Gasteiger charge is -2.09.